The maximum atomic E-state index is 12.0. The lowest BCUT2D eigenvalue weighted by Gasteiger charge is -2.14. The van der Waals surface area contributed by atoms with Crippen molar-refractivity contribution in [3.63, 3.8) is 0 Å². The van der Waals surface area contributed by atoms with E-state index in [1.807, 2.05) is 31.2 Å². The minimum atomic E-state index is -0.594. The first-order chi connectivity index (χ1) is 11.5. The predicted molar refractivity (Wildman–Crippen MR) is 90.2 cm³/mol. The van der Waals surface area contributed by atoms with Gasteiger partial charge in [0.05, 0.1) is 7.11 Å². The zero-order chi connectivity index (χ0) is 17.5. The van der Waals surface area contributed by atoms with Crippen LogP contribution in [0.4, 0.5) is 0 Å². The van der Waals surface area contributed by atoms with Crippen LogP contribution in [-0.2, 0) is 17.8 Å². The molecular weight excluding hydrogens is 310 g/mol. The van der Waals surface area contributed by atoms with Crippen molar-refractivity contribution in [2.75, 3.05) is 7.11 Å². The van der Waals surface area contributed by atoms with Crippen LogP contribution in [0.1, 0.15) is 18.9 Å². The molecule has 0 bridgehead atoms. The van der Waals surface area contributed by atoms with E-state index in [2.05, 4.69) is 10.3 Å². The van der Waals surface area contributed by atoms with Crippen molar-refractivity contribution < 1.29 is 9.53 Å². The summed E-state index contributed by atoms with van der Waals surface area (Å²) in [5, 5.41) is 2.85. The van der Waals surface area contributed by atoms with Crippen LogP contribution in [0.5, 0.6) is 5.75 Å². The summed E-state index contributed by atoms with van der Waals surface area (Å²) in [6.45, 7) is 1.79. The van der Waals surface area contributed by atoms with Gasteiger partial charge in [-0.05, 0) is 37.5 Å². The van der Waals surface area contributed by atoms with Crippen LogP contribution in [0.3, 0.4) is 0 Å². The van der Waals surface area contributed by atoms with Gasteiger partial charge in [0.15, 0.2) is 0 Å². The minimum Gasteiger partial charge on any atom is -0.497 e. The zero-order valence-electron chi connectivity index (χ0n) is 13.7. The first-order valence-corrected chi connectivity index (χ1v) is 7.70. The van der Waals surface area contributed by atoms with Gasteiger partial charge in [0.25, 0.3) is 5.56 Å². The number of methoxy groups -OCH3 is 1. The van der Waals surface area contributed by atoms with E-state index in [1.165, 1.54) is 12.3 Å². The molecule has 0 unspecified atom stereocenters. The van der Waals surface area contributed by atoms with E-state index in [9.17, 15) is 14.4 Å². The van der Waals surface area contributed by atoms with Crippen molar-refractivity contribution in [3.8, 4) is 5.75 Å². The molecule has 1 heterocycles. The van der Waals surface area contributed by atoms with Gasteiger partial charge >= 0.3 is 5.69 Å². The van der Waals surface area contributed by atoms with Gasteiger partial charge in [-0.2, -0.15) is 0 Å². The standard InChI is InChI=1S/C17H21N3O4/c1-12(3-4-13-5-7-14(24-2)8-6-13)18-16(22)11-20-10-9-15(21)19-17(20)23/h5-10,12H,3-4,11H2,1-2H3,(H,18,22)(H,19,21,23)/t12-/m1/s1. The Morgan fingerprint density at radius 3 is 2.58 bits per heavy atom. The molecule has 128 valence electrons. The molecule has 0 radical (unpaired) electrons. The monoisotopic (exact) mass is 331 g/mol. The fraction of sp³-hybridized carbons (Fsp3) is 0.353. The number of aromatic nitrogens is 2. The van der Waals surface area contributed by atoms with Crippen molar-refractivity contribution >= 4 is 5.91 Å². The fourth-order valence-electron chi connectivity index (χ4n) is 2.29. The van der Waals surface area contributed by atoms with Crippen molar-refractivity contribution in [2.45, 2.75) is 32.4 Å². The van der Waals surface area contributed by atoms with E-state index in [-0.39, 0.29) is 18.5 Å². The SMILES string of the molecule is COc1ccc(CC[C@@H](C)NC(=O)Cn2ccc(=O)[nH]c2=O)cc1. The van der Waals surface area contributed by atoms with Crippen LogP contribution in [0, 0.1) is 0 Å². The Kier molecular flexibility index (Phi) is 5.95. The van der Waals surface area contributed by atoms with E-state index < -0.39 is 11.2 Å². The van der Waals surface area contributed by atoms with E-state index in [4.69, 9.17) is 4.74 Å². The molecule has 0 saturated heterocycles. The van der Waals surface area contributed by atoms with Gasteiger partial charge in [0.1, 0.15) is 12.3 Å². The summed E-state index contributed by atoms with van der Waals surface area (Å²) in [5.74, 6) is 0.540. The van der Waals surface area contributed by atoms with Crippen LogP contribution < -0.4 is 21.3 Å². The highest BCUT2D eigenvalue weighted by Gasteiger charge is 2.09. The fourth-order valence-corrected chi connectivity index (χ4v) is 2.29. The second-order valence-corrected chi connectivity index (χ2v) is 5.59. The van der Waals surface area contributed by atoms with Gasteiger partial charge < -0.3 is 10.1 Å². The molecule has 1 aromatic carbocycles. The van der Waals surface area contributed by atoms with Gasteiger partial charge in [0, 0.05) is 18.3 Å². The highest BCUT2D eigenvalue weighted by molar-refractivity contribution is 5.75. The lowest BCUT2D eigenvalue weighted by molar-refractivity contribution is -0.122. The molecule has 24 heavy (non-hydrogen) atoms. The Hall–Kier alpha value is -2.83. The third kappa shape index (κ3) is 5.12. The summed E-state index contributed by atoms with van der Waals surface area (Å²) < 4.78 is 6.27. The number of ether oxygens (including phenoxy) is 1. The Morgan fingerprint density at radius 1 is 1.25 bits per heavy atom. The second-order valence-electron chi connectivity index (χ2n) is 5.59. The number of aryl methyl sites for hydroxylation is 1. The summed E-state index contributed by atoms with van der Waals surface area (Å²) >= 11 is 0. The number of carbonyl (C=O) groups excluding carboxylic acids is 1. The number of amides is 1. The van der Waals surface area contributed by atoms with Crippen molar-refractivity contribution in [1.82, 2.24) is 14.9 Å². The number of aromatic amines is 1. The maximum absolute atomic E-state index is 12.0. The molecule has 7 nitrogen and oxygen atoms in total. The average Bonchev–Trinajstić information content (AvgIpc) is 2.56. The van der Waals surface area contributed by atoms with Crippen molar-refractivity contribution in [3.05, 3.63) is 62.9 Å². The number of benzene rings is 1. The molecule has 2 rings (SSSR count). The smallest absolute Gasteiger partial charge is 0.328 e. The highest BCUT2D eigenvalue weighted by Crippen LogP contribution is 2.13. The van der Waals surface area contributed by atoms with Crippen LogP contribution >= 0.6 is 0 Å². The molecule has 1 atom stereocenters. The molecule has 2 aromatic rings. The van der Waals surface area contributed by atoms with Crippen LogP contribution in [0.15, 0.2) is 46.1 Å². The Morgan fingerprint density at radius 2 is 1.96 bits per heavy atom. The minimum absolute atomic E-state index is 0.0296. The Labute approximate surface area is 139 Å². The van der Waals surface area contributed by atoms with Crippen molar-refractivity contribution in [1.29, 1.82) is 0 Å². The molecule has 1 aromatic heterocycles. The quantitative estimate of drug-likeness (QED) is 0.780. The number of H-pyrrole nitrogens is 1. The van der Waals surface area contributed by atoms with Gasteiger partial charge in [-0.3, -0.25) is 19.1 Å². The number of nitrogens with zero attached hydrogens (tertiary/aromatic N) is 1. The van der Waals surface area contributed by atoms with Crippen LogP contribution in [0.2, 0.25) is 0 Å². The van der Waals surface area contributed by atoms with E-state index in [0.29, 0.717) is 0 Å². The summed E-state index contributed by atoms with van der Waals surface area (Å²) in [5.41, 5.74) is 0.0850. The molecule has 0 fully saturated rings. The summed E-state index contributed by atoms with van der Waals surface area (Å²) in [6.07, 6.45) is 2.91. The largest absolute Gasteiger partial charge is 0.497 e. The van der Waals surface area contributed by atoms with Gasteiger partial charge in [0.2, 0.25) is 5.91 Å². The number of carbonyl (C=O) groups is 1. The number of nitrogens with one attached hydrogen (secondary N) is 2. The topological polar surface area (TPSA) is 93.2 Å². The van der Waals surface area contributed by atoms with Crippen LogP contribution in [0.25, 0.3) is 0 Å². The molecule has 7 heteroatoms. The summed E-state index contributed by atoms with van der Waals surface area (Å²) in [7, 11) is 1.63. The third-order valence-corrected chi connectivity index (χ3v) is 3.64. The Balaban J connectivity index is 1.82. The molecule has 0 aliphatic heterocycles. The highest BCUT2D eigenvalue weighted by atomic mass is 16.5. The lowest BCUT2D eigenvalue weighted by Crippen LogP contribution is -2.39. The van der Waals surface area contributed by atoms with E-state index in [1.54, 1.807) is 7.11 Å². The van der Waals surface area contributed by atoms with Crippen LogP contribution in [-0.4, -0.2) is 28.6 Å². The number of hydrogen-bond donors (Lipinski definition) is 2. The maximum Gasteiger partial charge on any atom is 0.328 e. The zero-order valence-corrected chi connectivity index (χ0v) is 13.7. The predicted octanol–water partition coefficient (Wildman–Crippen LogP) is 0.683. The van der Waals surface area contributed by atoms with Gasteiger partial charge in [-0.25, -0.2) is 4.79 Å². The number of rotatable bonds is 7. The molecule has 2 N–H and O–H groups in total. The third-order valence-electron chi connectivity index (χ3n) is 3.64. The summed E-state index contributed by atoms with van der Waals surface area (Å²) in [4.78, 5) is 36.6. The molecule has 0 aliphatic carbocycles. The van der Waals surface area contributed by atoms with Gasteiger partial charge in [-0.1, -0.05) is 12.1 Å². The molecule has 0 aliphatic rings. The first-order valence-electron chi connectivity index (χ1n) is 7.70. The van der Waals surface area contributed by atoms with Gasteiger partial charge in [-0.15, -0.1) is 0 Å². The Bertz CT molecular complexity index is 792. The average molecular weight is 331 g/mol. The molecule has 1 amide bonds. The van der Waals surface area contributed by atoms with E-state index in [0.717, 1.165) is 28.7 Å². The van der Waals surface area contributed by atoms with Crippen molar-refractivity contribution in [2.24, 2.45) is 0 Å². The normalized spacial score (nSPS) is 11.8. The van der Waals surface area contributed by atoms with E-state index >= 15 is 0 Å². The molecular formula is C17H21N3O4. The molecule has 0 saturated carbocycles. The lowest BCUT2D eigenvalue weighted by atomic mass is 10.1. The second kappa shape index (κ2) is 8.14. The number of hydrogen-bond acceptors (Lipinski definition) is 4. The first kappa shape index (κ1) is 17.5. The molecule has 0 spiro atoms. The summed E-state index contributed by atoms with van der Waals surface area (Å²) in [6, 6.07) is 8.98.